The minimum atomic E-state index is -0.417. The van der Waals surface area contributed by atoms with Gasteiger partial charge in [-0.1, -0.05) is 12.1 Å². The standard InChI is InChI=1S/C22H25N3O3/c26-17-9-12-24(14-17)22(27)15-5-6-19-21(13-15)28-20-4-2-1-3-18(20)25(19)16-7-10-23-11-8-16/h1-6,13,16-17,23,26H,7-12,14H2/t17-/m0/s1. The smallest absolute Gasteiger partial charge is 0.254 e. The van der Waals surface area contributed by atoms with Crippen LogP contribution in [0.1, 0.15) is 29.6 Å². The van der Waals surface area contributed by atoms with Gasteiger partial charge in [0.15, 0.2) is 11.5 Å². The van der Waals surface area contributed by atoms with Gasteiger partial charge in [0.05, 0.1) is 17.5 Å². The van der Waals surface area contributed by atoms with E-state index in [9.17, 15) is 9.90 Å². The minimum Gasteiger partial charge on any atom is -0.453 e. The van der Waals surface area contributed by atoms with E-state index in [0.717, 1.165) is 48.8 Å². The van der Waals surface area contributed by atoms with Gasteiger partial charge in [0.25, 0.3) is 5.91 Å². The number of amides is 1. The van der Waals surface area contributed by atoms with Crippen LogP contribution < -0.4 is 15.0 Å². The Hall–Kier alpha value is -2.57. The number of benzene rings is 2. The second kappa shape index (κ2) is 7.11. The van der Waals surface area contributed by atoms with Crippen LogP contribution in [-0.2, 0) is 0 Å². The number of ether oxygens (including phenoxy) is 1. The largest absolute Gasteiger partial charge is 0.453 e. The van der Waals surface area contributed by atoms with E-state index in [-0.39, 0.29) is 5.91 Å². The van der Waals surface area contributed by atoms with E-state index in [1.807, 2.05) is 36.4 Å². The van der Waals surface area contributed by atoms with Crippen molar-refractivity contribution in [3.8, 4) is 11.5 Å². The van der Waals surface area contributed by atoms with E-state index in [4.69, 9.17) is 4.74 Å². The zero-order valence-corrected chi connectivity index (χ0v) is 15.8. The van der Waals surface area contributed by atoms with Gasteiger partial charge in [-0.15, -0.1) is 0 Å². The highest BCUT2D eigenvalue weighted by Gasteiger charge is 2.32. The monoisotopic (exact) mass is 379 g/mol. The number of anilines is 2. The van der Waals surface area contributed by atoms with Crippen molar-refractivity contribution < 1.29 is 14.6 Å². The fraction of sp³-hybridized carbons (Fsp3) is 0.409. The molecule has 2 N–H and O–H groups in total. The molecule has 0 unspecified atom stereocenters. The number of rotatable bonds is 2. The van der Waals surface area contributed by atoms with E-state index in [2.05, 4.69) is 16.3 Å². The molecule has 3 heterocycles. The highest BCUT2D eigenvalue weighted by molar-refractivity contribution is 5.96. The molecule has 0 saturated carbocycles. The minimum absolute atomic E-state index is 0.0461. The Bertz CT molecular complexity index is 894. The SMILES string of the molecule is O=C(c1ccc2c(c1)Oc1ccccc1N2C1CCNCC1)N1CC[C@H](O)C1. The summed E-state index contributed by atoms with van der Waals surface area (Å²) < 4.78 is 6.20. The first-order valence-electron chi connectivity index (χ1n) is 10.1. The lowest BCUT2D eigenvalue weighted by molar-refractivity contribution is 0.0764. The van der Waals surface area contributed by atoms with Crippen LogP contribution in [0.5, 0.6) is 11.5 Å². The molecule has 0 aliphatic carbocycles. The van der Waals surface area contributed by atoms with E-state index in [0.29, 0.717) is 31.1 Å². The summed E-state index contributed by atoms with van der Waals surface area (Å²) in [6.07, 6.45) is 2.37. The van der Waals surface area contributed by atoms with Crippen molar-refractivity contribution in [1.82, 2.24) is 10.2 Å². The van der Waals surface area contributed by atoms with Gasteiger partial charge in [-0.05, 0) is 62.7 Å². The van der Waals surface area contributed by atoms with Gasteiger partial charge >= 0.3 is 0 Å². The predicted octanol–water partition coefficient (Wildman–Crippen LogP) is 2.89. The Morgan fingerprint density at radius 1 is 1.04 bits per heavy atom. The molecule has 1 atom stereocenters. The number of nitrogens with one attached hydrogen (secondary N) is 1. The molecule has 0 radical (unpaired) electrons. The topological polar surface area (TPSA) is 65.0 Å². The Balaban J connectivity index is 1.51. The summed E-state index contributed by atoms with van der Waals surface area (Å²) in [7, 11) is 0. The Morgan fingerprint density at radius 2 is 1.82 bits per heavy atom. The van der Waals surface area contributed by atoms with Crippen LogP contribution in [0.15, 0.2) is 42.5 Å². The van der Waals surface area contributed by atoms with Gasteiger partial charge in [0.1, 0.15) is 0 Å². The summed E-state index contributed by atoms with van der Waals surface area (Å²) in [6, 6.07) is 14.3. The zero-order valence-electron chi connectivity index (χ0n) is 15.8. The third-order valence-corrected chi connectivity index (χ3v) is 5.94. The number of aliphatic hydroxyl groups is 1. The van der Waals surface area contributed by atoms with E-state index >= 15 is 0 Å². The van der Waals surface area contributed by atoms with E-state index in [1.54, 1.807) is 4.90 Å². The second-order valence-electron chi connectivity index (χ2n) is 7.80. The van der Waals surface area contributed by atoms with Gasteiger partial charge in [-0.3, -0.25) is 4.79 Å². The Kier molecular flexibility index (Phi) is 4.45. The van der Waals surface area contributed by atoms with Crippen LogP contribution in [0.25, 0.3) is 0 Å². The van der Waals surface area contributed by atoms with Crippen LogP contribution in [0.3, 0.4) is 0 Å². The van der Waals surface area contributed by atoms with Gasteiger partial charge in [-0.2, -0.15) is 0 Å². The molecular weight excluding hydrogens is 354 g/mol. The number of aliphatic hydroxyl groups excluding tert-OH is 1. The maximum atomic E-state index is 12.8. The molecule has 0 spiro atoms. The number of para-hydroxylation sites is 2. The molecule has 2 saturated heterocycles. The molecule has 2 fully saturated rings. The number of likely N-dealkylation sites (tertiary alicyclic amines) is 1. The van der Waals surface area contributed by atoms with Crippen LogP contribution in [-0.4, -0.2) is 54.2 Å². The summed E-state index contributed by atoms with van der Waals surface area (Å²) in [4.78, 5) is 16.9. The van der Waals surface area contributed by atoms with Crippen LogP contribution in [0.2, 0.25) is 0 Å². The molecular formula is C22H25N3O3. The van der Waals surface area contributed by atoms with Crippen molar-refractivity contribution in [2.24, 2.45) is 0 Å². The van der Waals surface area contributed by atoms with Crippen molar-refractivity contribution in [3.05, 3.63) is 48.0 Å². The number of fused-ring (bicyclic) bond motifs is 2. The Morgan fingerprint density at radius 3 is 2.61 bits per heavy atom. The number of carbonyl (C=O) groups is 1. The lowest BCUT2D eigenvalue weighted by Crippen LogP contribution is -2.41. The molecule has 28 heavy (non-hydrogen) atoms. The molecule has 146 valence electrons. The lowest BCUT2D eigenvalue weighted by atomic mass is 10.0. The third kappa shape index (κ3) is 3.02. The van der Waals surface area contributed by atoms with E-state index < -0.39 is 6.10 Å². The molecule has 6 heteroatoms. The van der Waals surface area contributed by atoms with Gasteiger partial charge < -0.3 is 25.0 Å². The molecule has 1 amide bonds. The molecule has 0 bridgehead atoms. The molecule has 0 aromatic heterocycles. The molecule has 6 nitrogen and oxygen atoms in total. The average Bonchev–Trinajstić information content (AvgIpc) is 3.18. The molecule has 5 rings (SSSR count). The normalized spacial score (nSPS) is 21.8. The van der Waals surface area contributed by atoms with Crippen molar-refractivity contribution in [1.29, 1.82) is 0 Å². The summed E-state index contributed by atoms with van der Waals surface area (Å²) in [5.41, 5.74) is 2.71. The summed E-state index contributed by atoms with van der Waals surface area (Å²) >= 11 is 0. The van der Waals surface area contributed by atoms with Crippen LogP contribution in [0, 0.1) is 0 Å². The number of piperidine rings is 1. The zero-order chi connectivity index (χ0) is 19.1. The third-order valence-electron chi connectivity index (χ3n) is 5.94. The quantitative estimate of drug-likeness (QED) is 0.840. The fourth-order valence-electron chi connectivity index (χ4n) is 4.49. The van der Waals surface area contributed by atoms with Crippen LogP contribution in [0.4, 0.5) is 11.4 Å². The van der Waals surface area contributed by atoms with Gasteiger partial charge in [0, 0.05) is 24.7 Å². The second-order valence-corrected chi connectivity index (χ2v) is 7.80. The Labute approximate surface area is 164 Å². The van der Waals surface area contributed by atoms with Crippen molar-refractivity contribution >= 4 is 17.3 Å². The van der Waals surface area contributed by atoms with Gasteiger partial charge in [0.2, 0.25) is 0 Å². The maximum absolute atomic E-state index is 12.8. The summed E-state index contributed by atoms with van der Waals surface area (Å²) in [5.74, 6) is 1.51. The number of hydrogen-bond acceptors (Lipinski definition) is 5. The number of hydrogen-bond donors (Lipinski definition) is 2. The maximum Gasteiger partial charge on any atom is 0.254 e. The highest BCUT2D eigenvalue weighted by Crippen LogP contribution is 2.48. The average molecular weight is 379 g/mol. The predicted molar refractivity (Wildman–Crippen MR) is 108 cm³/mol. The number of nitrogens with zero attached hydrogens (tertiary/aromatic N) is 2. The van der Waals surface area contributed by atoms with Crippen molar-refractivity contribution in [2.45, 2.75) is 31.4 Å². The summed E-state index contributed by atoms with van der Waals surface area (Å²) in [6.45, 7) is 3.02. The van der Waals surface area contributed by atoms with Crippen molar-refractivity contribution in [3.63, 3.8) is 0 Å². The molecule has 2 aromatic carbocycles. The van der Waals surface area contributed by atoms with E-state index in [1.165, 1.54) is 0 Å². The first-order valence-corrected chi connectivity index (χ1v) is 10.1. The molecule has 3 aliphatic heterocycles. The van der Waals surface area contributed by atoms with Crippen molar-refractivity contribution in [2.75, 3.05) is 31.1 Å². The number of β-amino-alcohol motifs (C(OH)–C–C–N with tert-alkyl or cyclic N) is 1. The fourth-order valence-corrected chi connectivity index (χ4v) is 4.49. The molecule has 2 aromatic rings. The first-order chi connectivity index (χ1) is 13.7. The highest BCUT2D eigenvalue weighted by atomic mass is 16.5. The van der Waals surface area contributed by atoms with Gasteiger partial charge in [-0.25, -0.2) is 0 Å². The first kappa shape index (κ1) is 17.5. The lowest BCUT2D eigenvalue weighted by Gasteiger charge is -2.40. The van der Waals surface area contributed by atoms with Crippen LogP contribution >= 0.6 is 0 Å². The number of carbonyl (C=O) groups excluding carboxylic acids is 1. The molecule has 3 aliphatic rings. The summed E-state index contributed by atoms with van der Waals surface area (Å²) in [5, 5.41) is 13.2.